The van der Waals surface area contributed by atoms with E-state index in [1.165, 1.54) is 5.56 Å². The lowest BCUT2D eigenvalue weighted by molar-refractivity contribution is 0.414. The summed E-state index contributed by atoms with van der Waals surface area (Å²) in [5.74, 6) is 1.81. The van der Waals surface area contributed by atoms with Crippen LogP contribution >= 0.6 is 23.1 Å². The van der Waals surface area contributed by atoms with E-state index in [1.54, 1.807) is 30.2 Å². The molecule has 0 fully saturated rings. The van der Waals surface area contributed by atoms with E-state index < -0.39 is 0 Å². The van der Waals surface area contributed by atoms with Gasteiger partial charge in [-0.1, -0.05) is 35.2 Å². The molecule has 1 N–H and O–H groups in total. The van der Waals surface area contributed by atoms with Gasteiger partial charge in [0.05, 0.1) is 7.11 Å². The van der Waals surface area contributed by atoms with Crippen molar-refractivity contribution in [1.29, 1.82) is 0 Å². The monoisotopic (exact) mass is 295 g/mol. The van der Waals surface area contributed by atoms with Crippen molar-refractivity contribution < 1.29 is 4.74 Å². The maximum absolute atomic E-state index is 5.17. The first kappa shape index (κ1) is 14.3. The topological polar surface area (TPSA) is 47.0 Å². The third kappa shape index (κ3) is 3.92. The van der Waals surface area contributed by atoms with Crippen LogP contribution in [0.15, 0.2) is 28.6 Å². The number of aromatic nitrogens is 2. The summed E-state index contributed by atoms with van der Waals surface area (Å²) in [6.45, 7) is 1.97. The van der Waals surface area contributed by atoms with Gasteiger partial charge in [0.15, 0.2) is 4.34 Å². The molecule has 0 aliphatic heterocycles. The van der Waals surface area contributed by atoms with Crippen LogP contribution in [0.25, 0.3) is 0 Å². The Labute approximate surface area is 121 Å². The van der Waals surface area contributed by atoms with Crippen LogP contribution in [0, 0.1) is 6.92 Å². The van der Waals surface area contributed by atoms with Crippen molar-refractivity contribution in [3.63, 3.8) is 0 Å². The van der Waals surface area contributed by atoms with E-state index in [4.69, 9.17) is 4.74 Å². The summed E-state index contributed by atoms with van der Waals surface area (Å²) < 4.78 is 6.19. The lowest BCUT2D eigenvalue weighted by Crippen LogP contribution is -2.18. The van der Waals surface area contributed by atoms with Crippen LogP contribution in [-0.4, -0.2) is 30.1 Å². The summed E-state index contributed by atoms with van der Waals surface area (Å²) >= 11 is 3.36. The number of hydrogen-bond acceptors (Lipinski definition) is 6. The zero-order valence-electron chi connectivity index (χ0n) is 11.2. The predicted octanol–water partition coefficient (Wildman–Crippen LogP) is 2.91. The predicted molar refractivity (Wildman–Crippen MR) is 80.2 cm³/mol. The largest absolute Gasteiger partial charge is 0.497 e. The van der Waals surface area contributed by atoms with E-state index in [0.717, 1.165) is 20.8 Å². The number of nitrogens with zero attached hydrogens (tertiary/aromatic N) is 2. The number of benzene rings is 1. The molecule has 19 heavy (non-hydrogen) atoms. The maximum atomic E-state index is 5.17. The molecule has 0 saturated carbocycles. The van der Waals surface area contributed by atoms with Gasteiger partial charge in [0, 0.05) is 11.8 Å². The Morgan fingerprint density at radius 3 is 2.58 bits per heavy atom. The van der Waals surface area contributed by atoms with Crippen molar-refractivity contribution >= 4 is 23.1 Å². The molecule has 0 aliphatic carbocycles. The van der Waals surface area contributed by atoms with Gasteiger partial charge >= 0.3 is 0 Å². The van der Waals surface area contributed by atoms with E-state index in [0.29, 0.717) is 6.04 Å². The first-order valence-corrected chi connectivity index (χ1v) is 7.77. The Bertz CT molecular complexity index is 513. The second-order valence-corrected chi connectivity index (χ2v) is 6.46. The molecule has 0 bridgehead atoms. The number of thioether (sulfide) groups is 1. The van der Waals surface area contributed by atoms with Crippen molar-refractivity contribution in [3.8, 4) is 5.75 Å². The number of aryl methyl sites for hydroxylation is 1. The first-order chi connectivity index (χ1) is 9.22. The zero-order valence-corrected chi connectivity index (χ0v) is 12.8. The highest BCUT2D eigenvalue weighted by Gasteiger charge is 2.11. The second-order valence-electron chi connectivity index (χ2n) is 4.01. The van der Waals surface area contributed by atoms with Gasteiger partial charge in [-0.2, -0.15) is 0 Å². The normalized spacial score (nSPS) is 12.4. The van der Waals surface area contributed by atoms with Gasteiger partial charge in [0.2, 0.25) is 0 Å². The molecule has 102 valence electrons. The number of hydrogen-bond donors (Lipinski definition) is 1. The second kappa shape index (κ2) is 6.88. The van der Waals surface area contributed by atoms with Gasteiger partial charge in [-0.25, -0.2) is 0 Å². The summed E-state index contributed by atoms with van der Waals surface area (Å²) in [6, 6.07) is 8.44. The number of methoxy groups -OCH3 is 1. The average molecular weight is 295 g/mol. The average Bonchev–Trinajstić information content (AvgIpc) is 2.86. The van der Waals surface area contributed by atoms with Crippen molar-refractivity contribution in [1.82, 2.24) is 15.5 Å². The van der Waals surface area contributed by atoms with E-state index in [1.807, 2.05) is 26.1 Å². The minimum absolute atomic E-state index is 0.292. The van der Waals surface area contributed by atoms with Gasteiger partial charge in [-0.05, 0) is 31.7 Å². The number of rotatable bonds is 6. The lowest BCUT2D eigenvalue weighted by atomic mass is 10.1. The van der Waals surface area contributed by atoms with Crippen LogP contribution in [0.3, 0.4) is 0 Å². The highest BCUT2D eigenvalue weighted by Crippen LogP contribution is 2.27. The Kier molecular flexibility index (Phi) is 5.18. The third-order valence-electron chi connectivity index (χ3n) is 2.75. The van der Waals surface area contributed by atoms with Crippen molar-refractivity contribution in [2.24, 2.45) is 0 Å². The standard InChI is InChI=1S/C13H17N3OS2/c1-9-15-16-13(19-9)18-8-12(14-2)10-4-6-11(17-3)7-5-10/h4-7,12,14H,8H2,1-3H3. The van der Waals surface area contributed by atoms with Crippen molar-refractivity contribution in [2.45, 2.75) is 17.3 Å². The molecule has 1 aromatic heterocycles. The van der Waals surface area contributed by atoms with E-state index in [-0.39, 0.29) is 0 Å². The Hall–Kier alpha value is -1.11. The summed E-state index contributed by atoms with van der Waals surface area (Å²) in [4.78, 5) is 0. The molecule has 1 atom stereocenters. The fourth-order valence-electron chi connectivity index (χ4n) is 1.67. The Morgan fingerprint density at radius 1 is 1.32 bits per heavy atom. The molecular weight excluding hydrogens is 278 g/mol. The summed E-state index contributed by atoms with van der Waals surface area (Å²) in [5.41, 5.74) is 1.25. The molecule has 0 spiro atoms. The van der Waals surface area contributed by atoms with Crippen LogP contribution in [-0.2, 0) is 0 Å². The third-order valence-corrected chi connectivity index (χ3v) is 4.81. The van der Waals surface area contributed by atoms with Gasteiger partial charge in [0.25, 0.3) is 0 Å². The van der Waals surface area contributed by atoms with Crippen LogP contribution < -0.4 is 10.1 Å². The van der Waals surface area contributed by atoms with Crippen LogP contribution in [0.2, 0.25) is 0 Å². The van der Waals surface area contributed by atoms with Crippen molar-refractivity contribution in [3.05, 3.63) is 34.8 Å². The molecule has 1 heterocycles. The van der Waals surface area contributed by atoms with E-state index >= 15 is 0 Å². The van der Waals surface area contributed by atoms with Crippen molar-refractivity contribution in [2.75, 3.05) is 19.9 Å². The summed E-state index contributed by atoms with van der Waals surface area (Å²) in [7, 11) is 3.65. The quantitative estimate of drug-likeness (QED) is 0.830. The van der Waals surface area contributed by atoms with Crippen LogP contribution in [0.5, 0.6) is 5.75 Å². The molecule has 0 aliphatic rings. The molecule has 6 heteroatoms. The van der Waals surface area contributed by atoms with Crippen LogP contribution in [0.1, 0.15) is 16.6 Å². The highest BCUT2D eigenvalue weighted by molar-refractivity contribution is 8.01. The lowest BCUT2D eigenvalue weighted by Gasteiger charge is -2.15. The van der Waals surface area contributed by atoms with E-state index in [9.17, 15) is 0 Å². The fraction of sp³-hybridized carbons (Fsp3) is 0.385. The molecule has 1 unspecified atom stereocenters. The molecule has 0 radical (unpaired) electrons. The van der Waals surface area contributed by atoms with Gasteiger partial charge < -0.3 is 10.1 Å². The smallest absolute Gasteiger partial charge is 0.174 e. The van der Waals surface area contributed by atoms with Crippen LogP contribution in [0.4, 0.5) is 0 Å². The molecule has 2 aromatic rings. The minimum atomic E-state index is 0.292. The summed E-state index contributed by atoms with van der Waals surface area (Å²) in [6.07, 6.45) is 0. The highest BCUT2D eigenvalue weighted by atomic mass is 32.2. The molecule has 1 aromatic carbocycles. The molecular formula is C13H17N3OS2. The first-order valence-electron chi connectivity index (χ1n) is 5.97. The fourth-order valence-corrected chi connectivity index (χ4v) is 3.66. The SMILES string of the molecule is CNC(CSc1nnc(C)s1)c1ccc(OC)cc1. The Morgan fingerprint density at radius 2 is 2.05 bits per heavy atom. The molecule has 0 amide bonds. The molecule has 0 saturated heterocycles. The summed E-state index contributed by atoms with van der Waals surface area (Å²) in [5, 5.41) is 12.5. The van der Waals surface area contributed by atoms with Gasteiger partial charge in [0.1, 0.15) is 10.8 Å². The van der Waals surface area contributed by atoms with E-state index in [2.05, 4.69) is 27.6 Å². The Balaban J connectivity index is 1.98. The van der Waals surface area contributed by atoms with Gasteiger partial charge in [-0.15, -0.1) is 10.2 Å². The minimum Gasteiger partial charge on any atom is -0.497 e. The zero-order chi connectivity index (χ0) is 13.7. The maximum Gasteiger partial charge on any atom is 0.174 e. The number of nitrogens with one attached hydrogen (secondary N) is 1. The molecule has 2 rings (SSSR count). The number of ether oxygens (including phenoxy) is 1. The van der Waals surface area contributed by atoms with Gasteiger partial charge in [-0.3, -0.25) is 0 Å². The molecule has 4 nitrogen and oxygen atoms in total.